The van der Waals surface area contributed by atoms with Gasteiger partial charge in [0.1, 0.15) is 0 Å². The van der Waals surface area contributed by atoms with E-state index < -0.39 is 0 Å². The number of imide groups is 1. The van der Waals surface area contributed by atoms with E-state index in [1.54, 1.807) is 18.2 Å². The van der Waals surface area contributed by atoms with Crippen LogP contribution in [0.4, 0.5) is 5.69 Å². The van der Waals surface area contributed by atoms with E-state index in [-0.39, 0.29) is 17.7 Å². The highest BCUT2D eigenvalue weighted by atomic mass is 16.5. The highest BCUT2D eigenvalue weighted by Crippen LogP contribution is 2.29. The number of carbonyl (C=O) groups excluding carboxylic acids is 2. The average Bonchev–Trinajstić information content (AvgIpc) is 2.66. The van der Waals surface area contributed by atoms with Crippen LogP contribution in [0.1, 0.15) is 33.6 Å². The summed E-state index contributed by atoms with van der Waals surface area (Å²) in [5, 5.41) is 0. The van der Waals surface area contributed by atoms with E-state index in [1.807, 2.05) is 0 Å². The van der Waals surface area contributed by atoms with E-state index in [4.69, 9.17) is 10.5 Å². The molecule has 2 amide bonds. The van der Waals surface area contributed by atoms with Crippen molar-refractivity contribution in [2.45, 2.75) is 12.8 Å². The predicted molar refractivity (Wildman–Crippen MR) is 69.8 cm³/mol. The molecule has 1 fully saturated rings. The first-order valence-corrected chi connectivity index (χ1v) is 6.51. The summed E-state index contributed by atoms with van der Waals surface area (Å²) in [6, 6.07) is 5.01. The van der Waals surface area contributed by atoms with Crippen molar-refractivity contribution in [3.63, 3.8) is 0 Å². The molecule has 2 aliphatic rings. The molecule has 1 aromatic rings. The van der Waals surface area contributed by atoms with Gasteiger partial charge < -0.3 is 10.5 Å². The van der Waals surface area contributed by atoms with Crippen molar-refractivity contribution in [1.82, 2.24) is 4.90 Å². The summed E-state index contributed by atoms with van der Waals surface area (Å²) in [6.45, 7) is 1.81. The van der Waals surface area contributed by atoms with Crippen LogP contribution >= 0.6 is 0 Å². The maximum atomic E-state index is 12.3. The highest BCUT2D eigenvalue weighted by molar-refractivity contribution is 6.23. The van der Waals surface area contributed by atoms with Crippen LogP contribution in [0, 0.1) is 5.92 Å². The van der Waals surface area contributed by atoms with Crippen molar-refractivity contribution in [3.05, 3.63) is 29.3 Å². The minimum absolute atomic E-state index is 0.234. The fourth-order valence-electron chi connectivity index (χ4n) is 2.74. The van der Waals surface area contributed by atoms with Gasteiger partial charge in [-0.05, 0) is 25.0 Å². The van der Waals surface area contributed by atoms with Gasteiger partial charge in [0.25, 0.3) is 11.8 Å². The van der Waals surface area contributed by atoms with E-state index in [0.29, 0.717) is 30.0 Å². The maximum Gasteiger partial charge on any atom is 0.263 e. The predicted octanol–water partition coefficient (Wildman–Crippen LogP) is 1.29. The van der Waals surface area contributed by atoms with E-state index in [1.165, 1.54) is 4.90 Å². The lowest BCUT2D eigenvalue weighted by Crippen LogP contribution is -2.37. The normalized spacial score (nSPS) is 22.7. The zero-order valence-electron chi connectivity index (χ0n) is 10.6. The second-order valence-electron chi connectivity index (χ2n) is 5.07. The van der Waals surface area contributed by atoms with Crippen molar-refractivity contribution >= 4 is 17.5 Å². The number of fused-ring (bicyclic) bond motifs is 1. The minimum atomic E-state index is -0.274. The number of nitrogens with zero attached hydrogens (tertiary/aromatic N) is 1. The molecule has 2 heterocycles. The summed E-state index contributed by atoms with van der Waals surface area (Å²) in [5.41, 5.74) is 6.94. The molecule has 0 radical (unpaired) electrons. The Morgan fingerprint density at radius 3 is 2.84 bits per heavy atom. The number of rotatable bonds is 2. The number of hydrogen-bond acceptors (Lipinski definition) is 4. The number of benzene rings is 1. The molecule has 5 nitrogen and oxygen atoms in total. The van der Waals surface area contributed by atoms with Gasteiger partial charge >= 0.3 is 0 Å². The molecule has 0 bridgehead atoms. The van der Waals surface area contributed by atoms with Gasteiger partial charge in [-0.3, -0.25) is 14.5 Å². The monoisotopic (exact) mass is 260 g/mol. The first kappa shape index (κ1) is 12.2. The van der Waals surface area contributed by atoms with Crippen molar-refractivity contribution in [2.24, 2.45) is 5.92 Å². The molecule has 1 aromatic carbocycles. The summed E-state index contributed by atoms with van der Waals surface area (Å²) in [6.07, 6.45) is 1.97. The zero-order valence-corrected chi connectivity index (χ0v) is 10.6. The smallest absolute Gasteiger partial charge is 0.263 e. The van der Waals surface area contributed by atoms with E-state index in [0.717, 1.165) is 19.4 Å². The van der Waals surface area contributed by atoms with Crippen LogP contribution in [0.25, 0.3) is 0 Å². The van der Waals surface area contributed by atoms with Crippen LogP contribution in [0.2, 0.25) is 0 Å². The molecule has 0 saturated carbocycles. The third kappa shape index (κ3) is 2.00. The Morgan fingerprint density at radius 1 is 1.32 bits per heavy atom. The Hall–Kier alpha value is -1.88. The molecule has 1 atom stereocenters. The molecule has 1 unspecified atom stereocenters. The van der Waals surface area contributed by atoms with Crippen LogP contribution in [0.3, 0.4) is 0 Å². The lowest BCUT2D eigenvalue weighted by molar-refractivity contribution is 0.0346. The summed E-state index contributed by atoms with van der Waals surface area (Å²) < 4.78 is 5.39. The molecule has 5 heteroatoms. The van der Waals surface area contributed by atoms with Gasteiger partial charge in [0.2, 0.25) is 0 Å². The number of nitrogen functional groups attached to an aromatic ring is 1. The third-order valence-electron chi connectivity index (χ3n) is 3.73. The average molecular weight is 260 g/mol. The Kier molecular flexibility index (Phi) is 2.98. The van der Waals surface area contributed by atoms with Crippen molar-refractivity contribution in [1.29, 1.82) is 0 Å². The molecule has 0 aromatic heterocycles. The molecule has 0 spiro atoms. The minimum Gasteiger partial charge on any atom is -0.398 e. The molecule has 100 valence electrons. The molecule has 2 aliphatic heterocycles. The zero-order chi connectivity index (χ0) is 13.4. The third-order valence-corrected chi connectivity index (χ3v) is 3.73. The Bertz CT molecular complexity index is 535. The Balaban J connectivity index is 1.84. The van der Waals surface area contributed by atoms with Gasteiger partial charge in [-0.1, -0.05) is 6.07 Å². The number of ether oxygens (including phenoxy) is 1. The van der Waals surface area contributed by atoms with E-state index >= 15 is 0 Å². The highest BCUT2D eigenvalue weighted by Gasteiger charge is 2.38. The van der Waals surface area contributed by atoms with Crippen molar-refractivity contribution in [3.8, 4) is 0 Å². The van der Waals surface area contributed by atoms with Gasteiger partial charge in [-0.2, -0.15) is 0 Å². The topological polar surface area (TPSA) is 72.6 Å². The van der Waals surface area contributed by atoms with Gasteiger partial charge in [0.05, 0.1) is 17.7 Å². The quantitative estimate of drug-likeness (QED) is 0.642. The van der Waals surface area contributed by atoms with Gasteiger partial charge in [0.15, 0.2) is 0 Å². The molecule has 0 aliphatic carbocycles. The van der Waals surface area contributed by atoms with E-state index in [9.17, 15) is 9.59 Å². The van der Waals surface area contributed by atoms with Crippen LogP contribution < -0.4 is 5.73 Å². The second-order valence-corrected chi connectivity index (χ2v) is 5.07. The van der Waals surface area contributed by atoms with E-state index in [2.05, 4.69) is 0 Å². The molecular weight excluding hydrogens is 244 g/mol. The largest absolute Gasteiger partial charge is 0.398 e. The Morgan fingerprint density at radius 2 is 2.16 bits per heavy atom. The standard InChI is InChI=1S/C14H16N2O3/c15-11-5-1-4-10-12(11)14(18)16(13(10)17)7-9-3-2-6-19-8-9/h1,4-5,9H,2-3,6-8,15H2. The summed E-state index contributed by atoms with van der Waals surface area (Å²) in [5.74, 6) is -0.279. The van der Waals surface area contributed by atoms with Crippen LogP contribution in [-0.2, 0) is 4.74 Å². The van der Waals surface area contributed by atoms with Gasteiger partial charge in [0, 0.05) is 24.8 Å². The molecule has 19 heavy (non-hydrogen) atoms. The lowest BCUT2D eigenvalue weighted by Gasteiger charge is -2.25. The van der Waals surface area contributed by atoms with Gasteiger partial charge in [-0.25, -0.2) is 0 Å². The summed E-state index contributed by atoms with van der Waals surface area (Å²) >= 11 is 0. The fourth-order valence-corrected chi connectivity index (χ4v) is 2.74. The molecule has 1 saturated heterocycles. The summed E-state index contributed by atoms with van der Waals surface area (Å²) in [4.78, 5) is 25.8. The van der Waals surface area contributed by atoms with Crippen LogP contribution in [-0.4, -0.2) is 36.5 Å². The lowest BCUT2D eigenvalue weighted by atomic mass is 10.0. The number of anilines is 1. The molecular formula is C14H16N2O3. The second kappa shape index (κ2) is 4.66. The number of hydrogen-bond donors (Lipinski definition) is 1. The fraction of sp³-hybridized carbons (Fsp3) is 0.429. The first-order valence-electron chi connectivity index (χ1n) is 6.51. The molecule has 2 N–H and O–H groups in total. The van der Waals surface area contributed by atoms with Crippen molar-refractivity contribution < 1.29 is 14.3 Å². The van der Waals surface area contributed by atoms with Crippen LogP contribution in [0.5, 0.6) is 0 Å². The van der Waals surface area contributed by atoms with Crippen LogP contribution in [0.15, 0.2) is 18.2 Å². The number of amides is 2. The maximum absolute atomic E-state index is 12.3. The summed E-state index contributed by atoms with van der Waals surface area (Å²) in [7, 11) is 0. The molecule has 3 rings (SSSR count). The first-order chi connectivity index (χ1) is 9.18. The van der Waals surface area contributed by atoms with Crippen molar-refractivity contribution in [2.75, 3.05) is 25.5 Å². The number of nitrogens with two attached hydrogens (primary N) is 1. The van der Waals surface area contributed by atoms with Gasteiger partial charge in [-0.15, -0.1) is 0 Å². The SMILES string of the molecule is Nc1cccc2c1C(=O)N(CC1CCCOC1)C2=O. The number of carbonyl (C=O) groups is 2. The Labute approximate surface area is 111 Å².